The monoisotopic (exact) mass is 382 g/mol. The minimum atomic E-state index is 0.563. The van der Waals surface area contributed by atoms with Gasteiger partial charge in [0.25, 0.3) is 0 Å². The first-order valence-corrected chi connectivity index (χ1v) is 10.9. The molecule has 20 heavy (non-hydrogen) atoms. The number of ether oxygens (including phenoxy) is 2. The van der Waals surface area contributed by atoms with E-state index >= 15 is 0 Å². The van der Waals surface area contributed by atoms with Gasteiger partial charge in [0.15, 0.2) is 0 Å². The van der Waals surface area contributed by atoms with Gasteiger partial charge in [-0.3, -0.25) is 0 Å². The molecular formula is C12H14O2S6. The van der Waals surface area contributed by atoms with Crippen molar-refractivity contribution in [3.63, 3.8) is 0 Å². The minimum Gasteiger partial charge on any atom is -0.478 e. The first-order chi connectivity index (χ1) is 9.65. The lowest BCUT2D eigenvalue weighted by Crippen LogP contribution is -1.93. The molecule has 2 nitrogen and oxygen atoms in total. The lowest BCUT2D eigenvalue weighted by molar-refractivity contribution is 0.346. The van der Waals surface area contributed by atoms with Gasteiger partial charge in [0.2, 0.25) is 8.77 Å². The van der Waals surface area contributed by atoms with E-state index in [-0.39, 0.29) is 0 Å². The molecule has 8 heteroatoms. The molecule has 0 aromatic heterocycles. The van der Waals surface area contributed by atoms with Crippen LogP contribution in [-0.4, -0.2) is 22.0 Å². The van der Waals surface area contributed by atoms with Gasteiger partial charge in [-0.25, -0.2) is 0 Å². The number of hydrogen-bond acceptors (Lipinski definition) is 8. The Morgan fingerprint density at radius 1 is 0.850 bits per heavy atom. The van der Waals surface area contributed by atoms with Crippen molar-refractivity contribution in [2.24, 2.45) is 0 Å². The van der Waals surface area contributed by atoms with Gasteiger partial charge in [0, 0.05) is 9.79 Å². The Bertz CT molecular complexity index is 393. The molecule has 1 aromatic rings. The maximum atomic E-state index is 5.21. The second-order valence-corrected chi connectivity index (χ2v) is 8.78. The molecule has 0 saturated heterocycles. The highest BCUT2D eigenvalue weighted by Gasteiger charge is 2.03. The number of rotatable bonds is 6. The molecule has 0 fully saturated rings. The molecule has 1 rings (SSSR count). The first-order valence-electron chi connectivity index (χ1n) is 5.78. The highest BCUT2D eigenvalue weighted by atomic mass is 33.1. The summed E-state index contributed by atoms with van der Waals surface area (Å²) in [6, 6.07) is 8.22. The Kier molecular flexibility index (Phi) is 10.2. The summed E-state index contributed by atoms with van der Waals surface area (Å²) in [5, 5.41) is 0. The van der Waals surface area contributed by atoms with Gasteiger partial charge in [-0.2, -0.15) is 0 Å². The van der Waals surface area contributed by atoms with E-state index in [0.717, 1.165) is 9.79 Å². The molecule has 0 spiro atoms. The van der Waals surface area contributed by atoms with Crippen LogP contribution >= 0.6 is 67.6 Å². The fraction of sp³-hybridized carbons (Fsp3) is 0.333. The highest BCUT2D eigenvalue weighted by Crippen LogP contribution is 2.36. The molecule has 0 bridgehead atoms. The molecule has 0 unspecified atom stereocenters. The Labute approximate surface area is 146 Å². The van der Waals surface area contributed by atoms with Gasteiger partial charge in [-0.15, -0.1) is 0 Å². The summed E-state index contributed by atoms with van der Waals surface area (Å²) < 4.78 is 11.6. The maximum Gasteiger partial charge on any atom is 0.231 e. The lowest BCUT2D eigenvalue weighted by Gasteiger charge is -2.05. The summed E-state index contributed by atoms with van der Waals surface area (Å²) in [5.41, 5.74) is 0. The van der Waals surface area contributed by atoms with Crippen molar-refractivity contribution in [2.75, 3.05) is 13.2 Å². The molecule has 0 atom stereocenters. The van der Waals surface area contributed by atoms with Crippen molar-refractivity contribution in [1.82, 2.24) is 0 Å². The summed E-state index contributed by atoms with van der Waals surface area (Å²) in [4.78, 5) is 2.28. The molecule has 0 heterocycles. The molecule has 0 amide bonds. The van der Waals surface area contributed by atoms with E-state index in [2.05, 4.69) is 24.3 Å². The van der Waals surface area contributed by atoms with Crippen LogP contribution in [0.25, 0.3) is 0 Å². The van der Waals surface area contributed by atoms with Gasteiger partial charge >= 0.3 is 0 Å². The summed E-state index contributed by atoms with van der Waals surface area (Å²) >= 11 is 10.1. The van der Waals surface area contributed by atoms with E-state index in [1.807, 2.05) is 13.8 Å². The van der Waals surface area contributed by atoms with Gasteiger partial charge in [-0.1, -0.05) is 0 Å². The van der Waals surface area contributed by atoms with Crippen molar-refractivity contribution in [3.05, 3.63) is 24.3 Å². The molecule has 0 radical (unpaired) electrons. The van der Waals surface area contributed by atoms with E-state index in [0.29, 0.717) is 22.0 Å². The van der Waals surface area contributed by atoms with Crippen LogP contribution in [0.3, 0.4) is 0 Å². The van der Waals surface area contributed by atoms with Gasteiger partial charge in [-0.05, 0) is 106 Å². The van der Waals surface area contributed by atoms with E-state index in [1.54, 1.807) is 21.6 Å². The van der Waals surface area contributed by atoms with Crippen LogP contribution in [0, 0.1) is 0 Å². The Balaban J connectivity index is 2.36. The van der Waals surface area contributed by atoms with E-state index in [9.17, 15) is 0 Å². The third-order valence-corrected chi connectivity index (χ3v) is 7.30. The van der Waals surface area contributed by atoms with Crippen LogP contribution in [0.5, 0.6) is 0 Å². The molecule has 0 N–H and O–H groups in total. The molecule has 0 aliphatic carbocycles. The second kappa shape index (κ2) is 11.0. The van der Waals surface area contributed by atoms with Crippen LogP contribution < -0.4 is 0 Å². The fourth-order valence-corrected chi connectivity index (χ4v) is 4.94. The third kappa shape index (κ3) is 7.99. The van der Waals surface area contributed by atoms with E-state index in [1.165, 1.54) is 21.6 Å². The van der Waals surface area contributed by atoms with Crippen molar-refractivity contribution >= 4 is 76.4 Å². The normalized spacial score (nSPS) is 10.1. The zero-order valence-electron chi connectivity index (χ0n) is 11.0. The largest absolute Gasteiger partial charge is 0.478 e. The quantitative estimate of drug-likeness (QED) is 0.447. The predicted octanol–water partition coefficient (Wildman–Crippen LogP) is 5.81. The van der Waals surface area contributed by atoms with E-state index < -0.39 is 0 Å². The third-order valence-electron chi connectivity index (χ3n) is 1.76. The number of thiocarbonyl (C=S) groups is 2. The maximum absolute atomic E-state index is 5.21. The van der Waals surface area contributed by atoms with Crippen LogP contribution in [0.15, 0.2) is 34.1 Å². The molecule has 0 aliphatic heterocycles. The summed E-state index contributed by atoms with van der Waals surface area (Å²) in [6.07, 6.45) is 0. The average molecular weight is 383 g/mol. The fourth-order valence-electron chi connectivity index (χ4n) is 0.999. The molecule has 110 valence electrons. The zero-order chi connectivity index (χ0) is 14.8. The number of hydrogen-bond donors (Lipinski definition) is 0. The Morgan fingerprint density at radius 2 is 1.20 bits per heavy atom. The minimum absolute atomic E-state index is 0.563. The molecular weight excluding hydrogens is 369 g/mol. The molecule has 0 saturated carbocycles. The van der Waals surface area contributed by atoms with Crippen molar-refractivity contribution < 1.29 is 9.47 Å². The summed E-state index contributed by atoms with van der Waals surface area (Å²) in [7, 11) is 6.10. The summed E-state index contributed by atoms with van der Waals surface area (Å²) in [5.74, 6) is 0. The smallest absolute Gasteiger partial charge is 0.231 e. The second-order valence-electron chi connectivity index (χ2n) is 3.17. The van der Waals surface area contributed by atoms with E-state index in [4.69, 9.17) is 33.9 Å². The van der Waals surface area contributed by atoms with Crippen LogP contribution in [-0.2, 0) is 9.47 Å². The zero-order valence-corrected chi connectivity index (χ0v) is 15.9. The topological polar surface area (TPSA) is 18.5 Å². The van der Waals surface area contributed by atoms with Gasteiger partial charge in [0.05, 0.1) is 13.2 Å². The van der Waals surface area contributed by atoms with Crippen molar-refractivity contribution in [3.8, 4) is 0 Å². The summed E-state index contributed by atoms with van der Waals surface area (Å²) in [6.45, 7) is 5.07. The van der Waals surface area contributed by atoms with Gasteiger partial charge < -0.3 is 9.47 Å². The Hall–Kier alpha value is 0.400. The SMILES string of the molecule is CCOC(=S)SSc1ccc(SSC(=S)OCC)cc1. The average Bonchev–Trinajstić information content (AvgIpc) is 2.45. The van der Waals surface area contributed by atoms with Crippen molar-refractivity contribution in [1.29, 1.82) is 0 Å². The van der Waals surface area contributed by atoms with Crippen LogP contribution in [0.2, 0.25) is 0 Å². The van der Waals surface area contributed by atoms with Crippen molar-refractivity contribution in [2.45, 2.75) is 23.6 Å². The molecule has 1 aromatic carbocycles. The van der Waals surface area contributed by atoms with Gasteiger partial charge in [0.1, 0.15) is 0 Å². The lowest BCUT2D eigenvalue weighted by atomic mass is 10.4. The highest BCUT2D eigenvalue weighted by molar-refractivity contribution is 8.84. The standard InChI is InChI=1S/C12H14O2S6/c1-3-13-11(15)19-17-9-5-7-10(8-6-9)18-20-12(16)14-4-2/h5-8H,3-4H2,1-2H3. The molecule has 0 aliphatic rings. The Morgan fingerprint density at radius 3 is 1.50 bits per heavy atom. The van der Waals surface area contributed by atoms with Crippen LogP contribution in [0.4, 0.5) is 0 Å². The number of benzene rings is 1. The first kappa shape index (κ1) is 18.4. The predicted molar refractivity (Wildman–Crippen MR) is 102 cm³/mol. The van der Waals surface area contributed by atoms with Crippen LogP contribution in [0.1, 0.15) is 13.8 Å².